The maximum Gasteiger partial charge on any atom is 0.344 e. The van der Waals surface area contributed by atoms with Crippen molar-refractivity contribution in [1.82, 2.24) is 16.1 Å². The van der Waals surface area contributed by atoms with E-state index in [1.165, 1.54) is 20.4 Å². The molecule has 1 aliphatic heterocycles. The number of hydrogen-bond acceptors (Lipinski definition) is 11. The molecule has 0 bridgehead atoms. The van der Waals surface area contributed by atoms with Gasteiger partial charge in [0.25, 0.3) is 5.91 Å². The summed E-state index contributed by atoms with van der Waals surface area (Å²) in [6.45, 7) is 4.59. The van der Waals surface area contributed by atoms with Gasteiger partial charge in [0.15, 0.2) is 36.2 Å². The molecule has 14 nitrogen and oxygen atoms in total. The number of ether oxygens (including phenoxy) is 6. The summed E-state index contributed by atoms with van der Waals surface area (Å²) in [5, 5.41) is 9.26. The van der Waals surface area contributed by atoms with Crippen LogP contribution in [-0.4, -0.2) is 70.7 Å². The molecule has 0 fully saturated rings. The normalized spacial score (nSPS) is 14.3. The van der Waals surface area contributed by atoms with Crippen LogP contribution < -0.4 is 35.0 Å². The van der Waals surface area contributed by atoms with Gasteiger partial charge in [0.1, 0.15) is 0 Å². The second kappa shape index (κ2) is 16.2. The number of carbonyl (C=O) groups excluding carboxylic acids is 4. The molecule has 1 atom stereocenters. The van der Waals surface area contributed by atoms with Crippen molar-refractivity contribution < 1.29 is 47.6 Å². The summed E-state index contributed by atoms with van der Waals surface area (Å²) in [5.74, 6) is -0.656. The highest BCUT2D eigenvalue weighted by atomic mass is 79.9. The lowest BCUT2D eigenvalue weighted by molar-refractivity contribution is -0.145. The van der Waals surface area contributed by atoms with Crippen molar-refractivity contribution in [3.8, 4) is 23.0 Å². The van der Waals surface area contributed by atoms with Crippen LogP contribution >= 0.6 is 15.9 Å². The lowest BCUT2D eigenvalue weighted by Crippen LogP contribution is -2.45. The highest BCUT2D eigenvalue weighted by Crippen LogP contribution is 2.35. The highest BCUT2D eigenvalue weighted by Gasteiger charge is 2.32. The molecule has 1 heterocycles. The van der Waals surface area contributed by atoms with Crippen LogP contribution in [0.3, 0.4) is 0 Å². The Labute approximate surface area is 262 Å². The molecule has 2 aromatic rings. The molecule has 0 spiro atoms. The molecule has 0 saturated carbocycles. The van der Waals surface area contributed by atoms with Crippen LogP contribution in [0.25, 0.3) is 0 Å². The van der Waals surface area contributed by atoms with E-state index in [-0.39, 0.29) is 42.6 Å². The summed E-state index contributed by atoms with van der Waals surface area (Å²) in [5.41, 5.74) is 3.92. The zero-order chi connectivity index (χ0) is 32.2. The number of nitrogens with zero attached hydrogens (tertiary/aromatic N) is 1. The topological polar surface area (TPSA) is 172 Å². The van der Waals surface area contributed by atoms with Crippen molar-refractivity contribution >= 4 is 46.0 Å². The Morgan fingerprint density at radius 3 is 2.39 bits per heavy atom. The minimum absolute atomic E-state index is 0.167. The lowest BCUT2D eigenvalue weighted by Gasteiger charge is -2.28. The number of benzene rings is 2. The third kappa shape index (κ3) is 8.86. The summed E-state index contributed by atoms with van der Waals surface area (Å²) in [6, 6.07) is 6.81. The van der Waals surface area contributed by atoms with E-state index in [0.717, 1.165) is 0 Å². The average Bonchev–Trinajstić information content (AvgIpc) is 2.98. The molecule has 0 aromatic heterocycles. The van der Waals surface area contributed by atoms with Crippen LogP contribution in [0.5, 0.6) is 23.0 Å². The number of methoxy groups -OCH3 is 2. The van der Waals surface area contributed by atoms with Gasteiger partial charge in [-0.15, -0.1) is 0 Å². The number of halogens is 1. The zero-order valence-electron chi connectivity index (χ0n) is 24.8. The number of hydrogen-bond donors (Lipinski definition) is 3. The van der Waals surface area contributed by atoms with Crippen LogP contribution in [0, 0.1) is 0 Å². The van der Waals surface area contributed by atoms with Gasteiger partial charge in [-0.25, -0.2) is 19.8 Å². The summed E-state index contributed by atoms with van der Waals surface area (Å²) in [6.07, 6.45) is 1.32. The third-order valence-corrected chi connectivity index (χ3v) is 6.40. The van der Waals surface area contributed by atoms with E-state index in [0.29, 0.717) is 27.0 Å². The predicted molar refractivity (Wildman–Crippen MR) is 161 cm³/mol. The van der Waals surface area contributed by atoms with Crippen LogP contribution in [0.1, 0.15) is 37.9 Å². The Bertz CT molecular complexity index is 1460. The number of amides is 3. The van der Waals surface area contributed by atoms with E-state index in [4.69, 9.17) is 28.4 Å². The van der Waals surface area contributed by atoms with E-state index < -0.39 is 36.5 Å². The molecule has 15 heteroatoms. The molecule has 2 aromatic carbocycles. The van der Waals surface area contributed by atoms with E-state index in [2.05, 4.69) is 37.1 Å². The smallest absolute Gasteiger partial charge is 0.344 e. The highest BCUT2D eigenvalue weighted by molar-refractivity contribution is 9.10. The van der Waals surface area contributed by atoms with Gasteiger partial charge in [0.2, 0.25) is 0 Å². The van der Waals surface area contributed by atoms with Gasteiger partial charge in [-0.1, -0.05) is 22.0 Å². The Balaban J connectivity index is 1.70. The first-order chi connectivity index (χ1) is 21.1. The molecule has 0 aliphatic carbocycles. The quantitative estimate of drug-likeness (QED) is 0.153. The molecule has 44 heavy (non-hydrogen) atoms. The standard InChI is InChI=1S/C29H33BrN4O10/c1-6-41-24(36)15-44-27-18(10-19(30)12-22(27)40-5)13-31-34-23(35)14-43-20-9-8-17(11-21(20)39-4)26-25(28(37)42-7-2)16(3)32-29(38)33-26/h8-13,26H,6-7,14-15H2,1-5H3,(H,34,35)(H2,32,33,38)/b31-13+/t26-/m0/s1. The van der Waals surface area contributed by atoms with Gasteiger partial charge in [-0.2, -0.15) is 5.10 Å². The SMILES string of the molecule is CCOC(=O)COc1c(/C=N/NC(=O)COc2ccc([C@@H]3NC(=O)NC(C)=C3C(=O)OCC)cc2OC)cc(Br)cc1OC. The fourth-order valence-corrected chi connectivity index (χ4v) is 4.53. The molecule has 3 rings (SSSR count). The maximum atomic E-state index is 12.6. The lowest BCUT2D eigenvalue weighted by atomic mass is 9.95. The Morgan fingerprint density at radius 1 is 0.977 bits per heavy atom. The van der Waals surface area contributed by atoms with Crippen molar-refractivity contribution in [2.24, 2.45) is 5.10 Å². The largest absolute Gasteiger partial charge is 0.493 e. The molecule has 0 radical (unpaired) electrons. The summed E-state index contributed by atoms with van der Waals surface area (Å²) < 4.78 is 32.7. The number of nitrogens with one attached hydrogen (secondary N) is 3. The van der Waals surface area contributed by atoms with E-state index >= 15 is 0 Å². The maximum absolute atomic E-state index is 12.6. The van der Waals surface area contributed by atoms with Crippen LogP contribution in [-0.2, 0) is 23.9 Å². The fourth-order valence-electron chi connectivity index (χ4n) is 4.08. The first-order valence-electron chi connectivity index (χ1n) is 13.4. The summed E-state index contributed by atoms with van der Waals surface area (Å²) >= 11 is 3.37. The second-order valence-electron chi connectivity index (χ2n) is 8.90. The Hall–Kier alpha value is -4.79. The van der Waals surface area contributed by atoms with Crippen LogP contribution in [0.2, 0.25) is 0 Å². The van der Waals surface area contributed by atoms with E-state index in [9.17, 15) is 19.2 Å². The first-order valence-corrected chi connectivity index (χ1v) is 14.1. The number of esters is 2. The van der Waals surface area contributed by atoms with Crippen molar-refractivity contribution in [1.29, 1.82) is 0 Å². The zero-order valence-corrected chi connectivity index (χ0v) is 26.4. The van der Waals surface area contributed by atoms with Gasteiger partial charge in [-0.3, -0.25) is 4.79 Å². The number of urea groups is 1. The van der Waals surface area contributed by atoms with Crippen molar-refractivity contribution in [3.05, 3.63) is 57.2 Å². The van der Waals surface area contributed by atoms with E-state index in [1.54, 1.807) is 51.1 Å². The molecule has 3 N–H and O–H groups in total. The Morgan fingerprint density at radius 2 is 1.70 bits per heavy atom. The minimum Gasteiger partial charge on any atom is -0.493 e. The van der Waals surface area contributed by atoms with Gasteiger partial charge in [-0.05, 0) is 50.6 Å². The van der Waals surface area contributed by atoms with Crippen molar-refractivity contribution in [2.75, 3.05) is 40.6 Å². The van der Waals surface area contributed by atoms with Crippen molar-refractivity contribution in [2.45, 2.75) is 26.8 Å². The van der Waals surface area contributed by atoms with Gasteiger partial charge in [0.05, 0.1) is 45.3 Å². The third-order valence-electron chi connectivity index (χ3n) is 5.95. The number of rotatable bonds is 14. The summed E-state index contributed by atoms with van der Waals surface area (Å²) in [4.78, 5) is 49.0. The number of hydrazone groups is 1. The van der Waals surface area contributed by atoms with Gasteiger partial charge < -0.3 is 39.1 Å². The average molecular weight is 678 g/mol. The van der Waals surface area contributed by atoms with Crippen LogP contribution in [0.4, 0.5) is 4.79 Å². The molecule has 0 saturated heterocycles. The first kappa shape index (κ1) is 33.7. The fraction of sp³-hybridized carbons (Fsp3) is 0.345. The molecular weight excluding hydrogens is 644 g/mol. The van der Waals surface area contributed by atoms with Crippen LogP contribution in [0.15, 0.2) is 51.2 Å². The predicted octanol–water partition coefficient (Wildman–Crippen LogP) is 3.13. The molecule has 0 unspecified atom stereocenters. The molecular formula is C29H33BrN4O10. The molecule has 236 valence electrons. The summed E-state index contributed by atoms with van der Waals surface area (Å²) in [7, 11) is 2.86. The number of carbonyl (C=O) groups is 4. The Kier molecular flexibility index (Phi) is 12.4. The van der Waals surface area contributed by atoms with E-state index in [1.807, 2.05) is 0 Å². The minimum atomic E-state index is -0.800. The monoisotopic (exact) mass is 676 g/mol. The second-order valence-corrected chi connectivity index (χ2v) is 9.82. The van der Waals surface area contributed by atoms with Gasteiger partial charge in [0, 0.05) is 15.7 Å². The number of allylic oxidation sites excluding steroid dienone is 1. The van der Waals surface area contributed by atoms with Crippen molar-refractivity contribution in [3.63, 3.8) is 0 Å². The molecule has 1 aliphatic rings. The molecule has 3 amide bonds. The van der Waals surface area contributed by atoms with Gasteiger partial charge >= 0.3 is 18.0 Å².